The van der Waals surface area contributed by atoms with Crippen LogP contribution in [0, 0.1) is 0 Å². The number of hydrogen-bond donors (Lipinski definition) is 0. The summed E-state index contributed by atoms with van der Waals surface area (Å²) in [5.74, 6) is 0. The third kappa shape index (κ3) is 3.17. The van der Waals surface area contributed by atoms with Gasteiger partial charge in [-0.1, -0.05) is 30.3 Å². The molecule has 0 radical (unpaired) electrons. The smallest absolute Gasteiger partial charge is 0.160 e. The van der Waals surface area contributed by atoms with Crippen LogP contribution in [0.1, 0.15) is 12.8 Å². The zero-order valence-corrected chi connectivity index (χ0v) is 15.5. The summed E-state index contributed by atoms with van der Waals surface area (Å²) in [5, 5.41) is 1.19. The molecular weight excluding hydrogens is 336 g/mol. The number of morpholine rings is 1. The van der Waals surface area contributed by atoms with Crippen LogP contribution in [-0.4, -0.2) is 52.3 Å². The highest BCUT2D eigenvalue weighted by atomic mass is 16.5. The predicted molar refractivity (Wildman–Crippen MR) is 109 cm³/mol. The minimum Gasteiger partial charge on any atom is -0.379 e. The van der Waals surface area contributed by atoms with E-state index in [1.54, 1.807) is 0 Å². The molecule has 5 heteroatoms. The van der Waals surface area contributed by atoms with E-state index in [1.807, 2.05) is 24.3 Å². The molecule has 2 aromatic carbocycles. The molecule has 0 spiro atoms. The minimum absolute atomic E-state index is 0.871. The maximum Gasteiger partial charge on any atom is 0.160 e. The van der Waals surface area contributed by atoms with Crippen LogP contribution < -0.4 is 0 Å². The average molecular weight is 360 g/mol. The van der Waals surface area contributed by atoms with Crippen LogP contribution >= 0.6 is 0 Å². The summed E-state index contributed by atoms with van der Waals surface area (Å²) in [4.78, 5) is 12.4. The Morgan fingerprint density at radius 3 is 2.37 bits per heavy atom. The van der Waals surface area contributed by atoms with Crippen molar-refractivity contribution in [1.29, 1.82) is 0 Å². The monoisotopic (exact) mass is 360 g/mol. The van der Waals surface area contributed by atoms with Gasteiger partial charge in [-0.25, -0.2) is 9.97 Å². The fourth-order valence-electron chi connectivity index (χ4n) is 4.04. The molecule has 0 unspecified atom stereocenters. The molecule has 1 aliphatic rings. The van der Waals surface area contributed by atoms with Crippen LogP contribution in [0.2, 0.25) is 0 Å². The molecule has 0 bridgehead atoms. The summed E-state index contributed by atoms with van der Waals surface area (Å²) in [5.41, 5.74) is 5.16. The van der Waals surface area contributed by atoms with Crippen molar-refractivity contribution in [2.24, 2.45) is 0 Å². The molecule has 1 saturated heterocycles. The summed E-state index contributed by atoms with van der Waals surface area (Å²) >= 11 is 0. The van der Waals surface area contributed by atoms with Gasteiger partial charge < -0.3 is 9.30 Å². The Kier molecular flexibility index (Phi) is 4.47. The number of hydrogen-bond acceptors (Lipinski definition) is 4. The maximum atomic E-state index is 5.44. The third-order valence-electron chi connectivity index (χ3n) is 5.47. The van der Waals surface area contributed by atoms with Crippen LogP contribution in [0.25, 0.3) is 33.1 Å². The number of unbranched alkanes of at least 4 members (excludes halogenated alkanes) is 1. The van der Waals surface area contributed by atoms with Gasteiger partial charge >= 0.3 is 0 Å². The zero-order chi connectivity index (χ0) is 18.1. The molecule has 138 valence electrons. The molecule has 4 aromatic rings. The summed E-state index contributed by atoms with van der Waals surface area (Å²) in [6.45, 7) is 5.99. The van der Waals surface area contributed by atoms with Gasteiger partial charge in [0.05, 0.1) is 29.8 Å². The first-order valence-corrected chi connectivity index (χ1v) is 9.84. The van der Waals surface area contributed by atoms with Gasteiger partial charge in [-0.05, 0) is 37.6 Å². The van der Waals surface area contributed by atoms with E-state index in [-0.39, 0.29) is 0 Å². The van der Waals surface area contributed by atoms with Crippen LogP contribution in [0.4, 0.5) is 0 Å². The lowest BCUT2D eigenvalue weighted by molar-refractivity contribution is 0.0371. The molecular formula is C22H24N4O. The Morgan fingerprint density at radius 2 is 1.52 bits per heavy atom. The standard InChI is InChI=1S/C22H24N4O/c1-4-10-20-17(7-1)21-22(24-19-9-3-2-8-18(19)23-21)26(20)12-6-5-11-25-13-15-27-16-14-25/h1-4,7-10H,5-6,11-16H2. The van der Waals surface area contributed by atoms with Gasteiger partial charge in [-0.15, -0.1) is 0 Å². The van der Waals surface area contributed by atoms with Crippen molar-refractivity contribution in [3.8, 4) is 0 Å². The van der Waals surface area contributed by atoms with Gasteiger partial charge in [0, 0.05) is 25.0 Å². The van der Waals surface area contributed by atoms with E-state index in [9.17, 15) is 0 Å². The van der Waals surface area contributed by atoms with E-state index in [1.165, 1.54) is 17.3 Å². The topological polar surface area (TPSA) is 43.2 Å². The highest BCUT2D eigenvalue weighted by Crippen LogP contribution is 2.28. The van der Waals surface area contributed by atoms with Crippen LogP contribution in [0.3, 0.4) is 0 Å². The molecule has 5 rings (SSSR count). The summed E-state index contributed by atoms with van der Waals surface area (Å²) < 4.78 is 7.79. The van der Waals surface area contributed by atoms with Crippen LogP contribution in [0.5, 0.6) is 0 Å². The lowest BCUT2D eigenvalue weighted by Crippen LogP contribution is -2.36. The van der Waals surface area contributed by atoms with E-state index >= 15 is 0 Å². The first-order valence-electron chi connectivity index (χ1n) is 9.84. The Balaban J connectivity index is 1.45. The van der Waals surface area contributed by atoms with E-state index in [2.05, 4.69) is 33.7 Å². The minimum atomic E-state index is 0.871. The predicted octanol–water partition coefficient (Wildman–Crippen LogP) is 3.85. The Hall–Kier alpha value is -2.50. The normalized spacial score (nSPS) is 15.9. The van der Waals surface area contributed by atoms with Crippen molar-refractivity contribution in [3.63, 3.8) is 0 Å². The Morgan fingerprint density at radius 1 is 0.815 bits per heavy atom. The summed E-state index contributed by atoms with van der Waals surface area (Å²) in [7, 11) is 0. The van der Waals surface area contributed by atoms with Gasteiger partial charge in [-0.3, -0.25) is 4.90 Å². The second kappa shape index (κ2) is 7.25. The number of nitrogens with zero attached hydrogens (tertiary/aromatic N) is 4. The number of para-hydroxylation sites is 3. The number of rotatable bonds is 5. The van der Waals surface area contributed by atoms with E-state index in [0.717, 1.165) is 68.0 Å². The number of ether oxygens (including phenoxy) is 1. The first kappa shape index (κ1) is 16.7. The van der Waals surface area contributed by atoms with Crippen molar-refractivity contribution < 1.29 is 4.74 Å². The molecule has 0 atom stereocenters. The number of aromatic nitrogens is 3. The molecule has 0 N–H and O–H groups in total. The molecule has 3 heterocycles. The largest absolute Gasteiger partial charge is 0.379 e. The molecule has 1 fully saturated rings. The zero-order valence-electron chi connectivity index (χ0n) is 15.5. The number of benzene rings is 2. The lowest BCUT2D eigenvalue weighted by atomic mass is 10.2. The molecule has 27 heavy (non-hydrogen) atoms. The molecule has 0 saturated carbocycles. The SMILES string of the molecule is c1ccc2nc3c(nc2c1)c1ccccc1n3CCCCN1CCOCC1. The van der Waals surface area contributed by atoms with Gasteiger partial charge in [0.15, 0.2) is 5.65 Å². The van der Waals surface area contributed by atoms with Crippen LogP contribution in [-0.2, 0) is 11.3 Å². The molecule has 5 nitrogen and oxygen atoms in total. The Bertz CT molecular complexity index is 1080. The van der Waals surface area contributed by atoms with Crippen molar-refractivity contribution in [3.05, 3.63) is 48.5 Å². The number of aryl methyl sites for hydroxylation is 1. The fourth-order valence-corrected chi connectivity index (χ4v) is 4.04. The summed E-state index contributed by atoms with van der Waals surface area (Å²) in [6, 6.07) is 16.7. The van der Waals surface area contributed by atoms with Gasteiger partial charge in [0.25, 0.3) is 0 Å². The summed E-state index contributed by atoms with van der Waals surface area (Å²) in [6.07, 6.45) is 2.33. The van der Waals surface area contributed by atoms with Crippen LogP contribution in [0.15, 0.2) is 48.5 Å². The van der Waals surface area contributed by atoms with Crippen molar-refractivity contribution in [2.75, 3.05) is 32.8 Å². The van der Waals surface area contributed by atoms with E-state index in [0.29, 0.717) is 0 Å². The molecule has 1 aliphatic heterocycles. The maximum absolute atomic E-state index is 5.44. The van der Waals surface area contributed by atoms with Crippen molar-refractivity contribution in [1.82, 2.24) is 19.4 Å². The fraction of sp³-hybridized carbons (Fsp3) is 0.364. The lowest BCUT2D eigenvalue weighted by Gasteiger charge is -2.26. The average Bonchev–Trinajstić information content (AvgIpc) is 3.03. The van der Waals surface area contributed by atoms with Crippen molar-refractivity contribution >= 4 is 33.1 Å². The second-order valence-electron chi connectivity index (χ2n) is 7.21. The highest BCUT2D eigenvalue weighted by Gasteiger charge is 2.14. The highest BCUT2D eigenvalue weighted by molar-refractivity contribution is 6.06. The van der Waals surface area contributed by atoms with E-state index in [4.69, 9.17) is 14.7 Å². The quantitative estimate of drug-likeness (QED) is 0.507. The molecule has 0 amide bonds. The number of fused-ring (bicyclic) bond motifs is 4. The van der Waals surface area contributed by atoms with Gasteiger partial charge in [0.1, 0.15) is 5.52 Å². The first-order chi connectivity index (χ1) is 13.4. The third-order valence-corrected chi connectivity index (χ3v) is 5.47. The molecule has 2 aromatic heterocycles. The van der Waals surface area contributed by atoms with E-state index < -0.39 is 0 Å². The van der Waals surface area contributed by atoms with Crippen molar-refractivity contribution in [2.45, 2.75) is 19.4 Å². The van der Waals surface area contributed by atoms with Gasteiger partial charge in [0.2, 0.25) is 0 Å². The second-order valence-corrected chi connectivity index (χ2v) is 7.21. The Labute approximate surface area is 158 Å². The molecule has 0 aliphatic carbocycles. The van der Waals surface area contributed by atoms with Gasteiger partial charge in [-0.2, -0.15) is 0 Å².